The van der Waals surface area contributed by atoms with E-state index in [9.17, 15) is 4.39 Å². The molecule has 2 atom stereocenters. The standard InChI is InChI=1S/C15H20ClFN2/c1-18-9-10-6-7-19(12-3-4-12)15(10)13-8-11(16)2-5-14(13)17/h2,5,8,10,12,15,18H,3-4,6-7,9H2,1H3. The Morgan fingerprint density at radius 3 is 2.84 bits per heavy atom. The van der Waals surface area contributed by atoms with Gasteiger partial charge < -0.3 is 5.32 Å². The van der Waals surface area contributed by atoms with Gasteiger partial charge in [0.1, 0.15) is 5.82 Å². The molecule has 2 unspecified atom stereocenters. The lowest BCUT2D eigenvalue weighted by Gasteiger charge is -2.29. The smallest absolute Gasteiger partial charge is 0.128 e. The minimum Gasteiger partial charge on any atom is -0.319 e. The molecule has 2 nitrogen and oxygen atoms in total. The van der Waals surface area contributed by atoms with Crippen LogP contribution in [0.4, 0.5) is 4.39 Å². The number of nitrogens with zero attached hydrogens (tertiary/aromatic N) is 1. The van der Waals surface area contributed by atoms with E-state index < -0.39 is 0 Å². The number of likely N-dealkylation sites (tertiary alicyclic amines) is 1. The van der Waals surface area contributed by atoms with Crippen molar-refractivity contribution >= 4 is 11.6 Å². The van der Waals surface area contributed by atoms with E-state index in [2.05, 4.69) is 10.2 Å². The fourth-order valence-corrected chi connectivity index (χ4v) is 3.53. The molecule has 0 bridgehead atoms. The molecule has 3 rings (SSSR count). The zero-order valence-corrected chi connectivity index (χ0v) is 12.0. The number of benzene rings is 1. The zero-order chi connectivity index (χ0) is 13.4. The van der Waals surface area contributed by atoms with Crippen LogP contribution in [0.1, 0.15) is 30.9 Å². The van der Waals surface area contributed by atoms with E-state index in [0.717, 1.165) is 25.1 Å². The molecule has 1 aromatic rings. The van der Waals surface area contributed by atoms with Crippen molar-refractivity contribution in [2.24, 2.45) is 5.92 Å². The molecule has 104 valence electrons. The van der Waals surface area contributed by atoms with Crippen LogP contribution in [0.2, 0.25) is 5.02 Å². The third-order valence-corrected chi connectivity index (χ3v) is 4.56. The molecule has 1 aromatic carbocycles. The van der Waals surface area contributed by atoms with Gasteiger partial charge in [0.25, 0.3) is 0 Å². The summed E-state index contributed by atoms with van der Waals surface area (Å²) in [6.45, 7) is 2.01. The van der Waals surface area contributed by atoms with Crippen LogP contribution < -0.4 is 5.32 Å². The number of halogens is 2. The summed E-state index contributed by atoms with van der Waals surface area (Å²) in [5.41, 5.74) is 0.775. The van der Waals surface area contributed by atoms with Crippen LogP contribution in [0.5, 0.6) is 0 Å². The molecule has 0 spiro atoms. The molecule has 19 heavy (non-hydrogen) atoms. The highest BCUT2D eigenvalue weighted by Gasteiger charge is 2.43. The predicted octanol–water partition coefficient (Wildman–Crippen LogP) is 3.22. The number of hydrogen-bond acceptors (Lipinski definition) is 2. The molecule has 4 heteroatoms. The summed E-state index contributed by atoms with van der Waals surface area (Å²) < 4.78 is 14.2. The van der Waals surface area contributed by atoms with Crippen molar-refractivity contribution < 1.29 is 4.39 Å². The molecular weight excluding hydrogens is 263 g/mol. The SMILES string of the molecule is CNCC1CCN(C2CC2)C1c1cc(Cl)ccc1F. The number of rotatable bonds is 4. The Morgan fingerprint density at radius 2 is 2.16 bits per heavy atom. The summed E-state index contributed by atoms with van der Waals surface area (Å²) >= 11 is 6.06. The van der Waals surface area contributed by atoms with Crippen LogP contribution in [0.3, 0.4) is 0 Å². The van der Waals surface area contributed by atoms with E-state index in [4.69, 9.17) is 11.6 Å². The number of hydrogen-bond donors (Lipinski definition) is 1. The average Bonchev–Trinajstić information content (AvgIpc) is 3.15. The van der Waals surface area contributed by atoms with Crippen molar-refractivity contribution in [2.75, 3.05) is 20.1 Å². The first-order valence-electron chi connectivity index (χ1n) is 7.06. The lowest BCUT2D eigenvalue weighted by molar-refractivity contribution is 0.212. The second-order valence-corrected chi connectivity index (χ2v) is 6.12. The Kier molecular flexibility index (Phi) is 3.79. The van der Waals surface area contributed by atoms with E-state index in [1.807, 2.05) is 13.1 Å². The van der Waals surface area contributed by atoms with Crippen LogP contribution in [-0.2, 0) is 0 Å². The van der Waals surface area contributed by atoms with E-state index >= 15 is 0 Å². The first-order chi connectivity index (χ1) is 9.20. The molecule has 1 N–H and O–H groups in total. The Morgan fingerprint density at radius 1 is 1.37 bits per heavy atom. The van der Waals surface area contributed by atoms with Gasteiger partial charge in [-0.1, -0.05) is 11.6 Å². The van der Waals surface area contributed by atoms with Gasteiger partial charge in [-0.3, -0.25) is 4.90 Å². The summed E-state index contributed by atoms with van der Waals surface area (Å²) in [5.74, 6) is 0.349. The van der Waals surface area contributed by atoms with Crippen molar-refractivity contribution in [3.8, 4) is 0 Å². The van der Waals surface area contributed by atoms with Gasteiger partial charge in [0.05, 0.1) is 0 Å². The summed E-state index contributed by atoms with van der Waals surface area (Å²) in [5, 5.41) is 3.87. The molecule has 1 aliphatic carbocycles. The summed E-state index contributed by atoms with van der Waals surface area (Å²) in [7, 11) is 1.96. The Labute approximate surface area is 118 Å². The second-order valence-electron chi connectivity index (χ2n) is 5.69. The summed E-state index contributed by atoms with van der Waals surface area (Å²) in [6.07, 6.45) is 3.64. The third kappa shape index (κ3) is 2.64. The molecular formula is C15H20ClFN2. The normalized spacial score (nSPS) is 27.9. The van der Waals surface area contributed by atoms with Crippen LogP contribution in [-0.4, -0.2) is 31.1 Å². The Balaban J connectivity index is 1.93. The zero-order valence-electron chi connectivity index (χ0n) is 11.2. The van der Waals surface area contributed by atoms with E-state index in [-0.39, 0.29) is 11.9 Å². The Bertz CT molecular complexity index is 461. The van der Waals surface area contributed by atoms with Gasteiger partial charge in [-0.25, -0.2) is 4.39 Å². The van der Waals surface area contributed by atoms with Crippen LogP contribution in [0.15, 0.2) is 18.2 Å². The second kappa shape index (κ2) is 5.39. The molecule has 1 aliphatic heterocycles. The third-order valence-electron chi connectivity index (χ3n) is 4.32. The van der Waals surface area contributed by atoms with Gasteiger partial charge in [-0.15, -0.1) is 0 Å². The predicted molar refractivity (Wildman–Crippen MR) is 75.9 cm³/mol. The molecule has 1 saturated heterocycles. The molecule has 0 radical (unpaired) electrons. The summed E-state index contributed by atoms with van der Waals surface area (Å²) in [6, 6.07) is 5.77. The maximum atomic E-state index is 14.2. The van der Waals surface area contributed by atoms with Crippen molar-refractivity contribution in [3.63, 3.8) is 0 Å². The molecule has 1 heterocycles. The van der Waals surface area contributed by atoms with Crippen LogP contribution in [0, 0.1) is 11.7 Å². The van der Waals surface area contributed by atoms with E-state index in [1.165, 1.54) is 18.9 Å². The maximum Gasteiger partial charge on any atom is 0.128 e. The fourth-order valence-electron chi connectivity index (χ4n) is 3.35. The van der Waals surface area contributed by atoms with Crippen molar-refractivity contribution in [2.45, 2.75) is 31.3 Å². The average molecular weight is 283 g/mol. The van der Waals surface area contributed by atoms with Gasteiger partial charge in [-0.2, -0.15) is 0 Å². The van der Waals surface area contributed by atoms with Crippen molar-refractivity contribution in [1.29, 1.82) is 0 Å². The first-order valence-corrected chi connectivity index (χ1v) is 7.44. The minimum atomic E-state index is -0.122. The van der Waals surface area contributed by atoms with Crippen LogP contribution >= 0.6 is 11.6 Å². The van der Waals surface area contributed by atoms with Gasteiger partial charge in [0.2, 0.25) is 0 Å². The van der Waals surface area contributed by atoms with Crippen molar-refractivity contribution in [1.82, 2.24) is 10.2 Å². The highest BCUT2D eigenvalue weighted by Crippen LogP contribution is 2.44. The molecule has 2 fully saturated rings. The summed E-state index contributed by atoms with van der Waals surface area (Å²) in [4.78, 5) is 2.48. The lowest BCUT2D eigenvalue weighted by atomic mass is 9.93. The highest BCUT2D eigenvalue weighted by molar-refractivity contribution is 6.30. The largest absolute Gasteiger partial charge is 0.319 e. The molecule has 0 aromatic heterocycles. The van der Waals surface area contributed by atoms with E-state index in [1.54, 1.807) is 6.07 Å². The highest BCUT2D eigenvalue weighted by atomic mass is 35.5. The minimum absolute atomic E-state index is 0.122. The van der Waals surface area contributed by atoms with Gasteiger partial charge >= 0.3 is 0 Å². The topological polar surface area (TPSA) is 15.3 Å². The molecule has 2 aliphatic rings. The van der Waals surface area contributed by atoms with Gasteiger partial charge in [0.15, 0.2) is 0 Å². The quantitative estimate of drug-likeness (QED) is 0.912. The van der Waals surface area contributed by atoms with Crippen LogP contribution in [0.25, 0.3) is 0 Å². The Hall–Kier alpha value is -0.640. The van der Waals surface area contributed by atoms with Gasteiger partial charge in [0, 0.05) is 22.7 Å². The first kappa shape index (κ1) is 13.3. The fraction of sp³-hybridized carbons (Fsp3) is 0.600. The lowest BCUT2D eigenvalue weighted by Crippen LogP contribution is -2.31. The monoisotopic (exact) mass is 282 g/mol. The maximum absolute atomic E-state index is 14.2. The van der Waals surface area contributed by atoms with Gasteiger partial charge in [-0.05, 0) is 63.5 Å². The molecule has 1 saturated carbocycles. The number of nitrogens with one attached hydrogen (secondary N) is 1. The van der Waals surface area contributed by atoms with Crippen molar-refractivity contribution in [3.05, 3.63) is 34.6 Å². The molecule has 0 amide bonds. The van der Waals surface area contributed by atoms with E-state index in [0.29, 0.717) is 17.0 Å².